The molecule has 0 atom stereocenters. The molecule has 4 aromatic rings. The van der Waals surface area contributed by atoms with Crippen molar-refractivity contribution in [3.8, 4) is 22.9 Å². The van der Waals surface area contributed by atoms with Crippen molar-refractivity contribution in [2.24, 2.45) is 5.92 Å². The van der Waals surface area contributed by atoms with Crippen molar-refractivity contribution in [2.45, 2.75) is 38.3 Å². The fourth-order valence-electron chi connectivity index (χ4n) is 5.66. The molecule has 1 heterocycles. The van der Waals surface area contributed by atoms with E-state index in [0.717, 1.165) is 34.6 Å². The van der Waals surface area contributed by atoms with Gasteiger partial charge >= 0.3 is 6.09 Å². The lowest BCUT2D eigenvalue weighted by Gasteiger charge is -2.37. The second-order valence-electron chi connectivity index (χ2n) is 10.5. The van der Waals surface area contributed by atoms with Gasteiger partial charge in [0, 0.05) is 24.7 Å². The molecule has 1 fully saturated rings. The Kier molecular flexibility index (Phi) is 9.14. The van der Waals surface area contributed by atoms with Crippen molar-refractivity contribution in [1.29, 1.82) is 5.26 Å². The zero-order valence-corrected chi connectivity index (χ0v) is 24.8. The number of rotatable bonds is 8. The predicted octanol–water partition coefficient (Wildman–Crippen LogP) is 7.85. The minimum atomic E-state index is -1.08. The van der Waals surface area contributed by atoms with E-state index in [-0.39, 0.29) is 38.5 Å². The monoisotopic (exact) mass is 623 g/mol. The molecule has 7 nitrogen and oxygen atoms in total. The fourth-order valence-corrected chi connectivity index (χ4v) is 7.16. The summed E-state index contributed by atoms with van der Waals surface area (Å²) in [6.07, 6.45) is 1.52. The molecule has 5 rings (SSSR count). The molecule has 0 unspecified atom stereocenters. The Morgan fingerprint density at radius 2 is 1.81 bits per heavy atom. The van der Waals surface area contributed by atoms with Crippen LogP contribution < -0.4 is 10.1 Å². The number of nitriles is 1. The number of carbonyl (C=O) groups excluding carboxylic acids is 1. The van der Waals surface area contributed by atoms with Crippen LogP contribution >= 0.6 is 22.9 Å². The highest BCUT2D eigenvalue weighted by atomic mass is 35.5. The topological polar surface area (TPSA) is 103 Å². The third-order valence-corrected chi connectivity index (χ3v) is 9.56. The van der Waals surface area contributed by atoms with E-state index in [4.69, 9.17) is 21.4 Å². The molecule has 2 N–H and O–H groups in total. The van der Waals surface area contributed by atoms with E-state index < -0.39 is 23.6 Å². The van der Waals surface area contributed by atoms with Crippen LogP contribution in [0.3, 0.4) is 0 Å². The molecule has 3 aromatic carbocycles. The van der Waals surface area contributed by atoms with E-state index in [1.807, 2.05) is 18.2 Å². The second kappa shape index (κ2) is 13.0. The van der Waals surface area contributed by atoms with Crippen molar-refractivity contribution in [3.05, 3.63) is 87.3 Å². The van der Waals surface area contributed by atoms with Gasteiger partial charge in [-0.25, -0.2) is 13.6 Å². The highest BCUT2D eigenvalue weighted by Crippen LogP contribution is 2.41. The van der Waals surface area contributed by atoms with Crippen LogP contribution in [0.1, 0.15) is 46.5 Å². The Morgan fingerprint density at radius 1 is 1.09 bits per heavy atom. The number of methoxy groups -OCH3 is 1. The van der Waals surface area contributed by atoms with Crippen LogP contribution in [0.15, 0.2) is 54.6 Å². The predicted molar refractivity (Wildman–Crippen MR) is 162 cm³/mol. The SMILES string of the molecule is COc1ccc(-c2cccc(C#N)c2)cc1CN(C(=O)c1sc2c(F)ccc(F)c2c1Cl)C1CCC(CNC(=O)O)CC1. The first-order chi connectivity index (χ1) is 20.7. The number of carbonyl (C=O) groups is 2. The summed E-state index contributed by atoms with van der Waals surface area (Å²) in [4.78, 5) is 27.0. The molecular formula is C32H28ClF2N3O4S. The van der Waals surface area contributed by atoms with E-state index in [9.17, 15) is 23.6 Å². The summed E-state index contributed by atoms with van der Waals surface area (Å²) in [7, 11) is 1.54. The number of nitrogens with one attached hydrogen (secondary N) is 1. The third kappa shape index (κ3) is 6.43. The Balaban J connectivity index is 1.52. The van der Waals surface area contributed by atoms with Gasteiger partial charge in [-0.1, -0.05) is 29.8 Å². The van der Waals surface area contributed by atoms with Crippen LogP contribution in [0.4, 0.5) is 13.6 Å². The molecule has 0 spiro atoms. The standard InChI is InChI=1S/C32H28ClF2N3O4S/c1-42-26-12-7-21(20-4-2-3-19(13-20)15-36)14-22(26)17-38(23-8-5-18(6-9-23)16-37-32(40)41)31(39)30-28(33)27-24(34)10-11-25(35)29(27)43-30/h2-4,7,10-14,18,23,37H,5-6,8-9,16-17H2,1H3,(H,40,41). The molecule has 222 valence electrons. The number of thiophene rings is 1. The van der Waals surface area contributed by atoms with Gasteiger partial charge < -0.3 is 20.1 Å². The smallest absolute Gasteiger partial charge is 0.404 e. The van der Waals surface area contributed by atoms with Gasteiger partial charge in [-0.3, -0.25) is 4.79 Å². The van der Waals surface area contributed by atoms with Crippen LogP contribution in [0, 0.1) is 28.9 Å². The Labute approximate surface area is 256 Å². The highest BCUT2D eigenvalue weighted by Gasteiger charge is 2.33. The van der Waals surface area contributed by atoms with Gasteiger partial charge in [0.2, 0.25) is 0 Å². The minimum Gasteiger partial charge on any atom is -0.496 e. The van der Waals surface area contributed by atoms with Crippen molar-refractivity contribution in [3.63, 3.8) is 0 Å². The first kappa shape index (κ1) is 30.3. The third-order valence-electron chi connectivity index (χ3n) is 7.88. The Hall–Kier alpha value is -4.20. The lowest BCUT2D eigenvalue weighted by Crippen LogP contribution is -2.43. The minimum absolute atomic E-state index is 0.0197. The number of ether oxygens (including phenoxy) is 1. The quantitative estimate of drug-likeness (QED) is 0.208. The molecule has 0 bridgehead atoms. The number of fused-ring (bicyclic) bond motifs is 1. The van der Waals surface area contributed by atoms with Crippen molar-refractivity contribution in [2.75, 3.05) is 13.7 Å². The molecule has 1 aliphatic rings. The summed E-state index contributed by atoms with van der Waals surface area (Å²) in [5, 5.41) is 20.6. The summed E-state index contributed by atoms with van der Waals surface area (Å²) in [5.41, 5.74) is 2.87. The molecule has 1 saturated carbocycles. The summed E-state index contributed by atoms with van der Waals surface area (Å²) in [5.74, 6) is -1.13. The average molecular weight is 624 g/mol. The van der Waals surface area contributed by atoms with Gasteiger partial charge in [0.1, 0.15) is 22.3 Å². The first-order valence-electron chi connectivity index (χ1n) is 13.7. The number of nitrogens with zero attached hydrogens (tertiary/aromatic N) is 2. The van der Waals surface area contributed by atoms with E-state index >= 15 is 0 Å². The van der Waals surface area contributed by atoms with Gasteiger partial charge in [-0.15, -0.1) is 11.3 Å². The van der Waals surface area contributed by atoms with Crippen LogP contribution in [-0.4, -0.2) is 41.7 Å². The molecule has 1 aliphatic carbocycles. The summed E-state index contributed by atoms with van der Waals surface area (Å²) in [6, 6.07) is 16.7. The highest BCUT2D eigenvalue weighted by molar-refractivity contribution is 7.21. The Bertz CT molecular complexity index is 1730. The molecular weight excluding hydrogens is 596 g/mol. The number of amides is 2. The van der Waals surface area contributed by atoms with Gasteiger partial charge in [-0.2, -0.15) is 5.26 Å². The number of carboxylic acid groups (broad SMARTS) is 1. The van der Waals surface area contributed by atoms with E-state index in [2.05, 4.69) is 11.4 Å². The molecule has 0 saturated heterocycles. The molecule has 43 heavy (non-hydrogen) atoms. The van der Waals surface area contributed by atoms with Crippen molar-refractivity contribution in [1.82, 2.24) is 10.2 Å². The van der Waals surface area contributed by atoms with Crippen molar-refractivity contribution < 1.29 is 28.2 Å². The summed E-state index contributed by atoms with van der Waals surface area (Å²) in [6.45, 7) is 0.459. The van der Waals surface area contributed by atoms with Gasteiger partial charge in [-0.05, 0) is 79.1 Å². The number of benzene rings is 3. The number of halogens is 3. The van der Waals surface area contributed by atoms with Gasteiger partial charge in [0.15, 0.2) is 0 Å². The lowest BCUT2D eigenvalue weighted by molar-refractivity contribution is 0.0592. The van der Waals surface area contributed by atoms with Crippen LogP contribution in [0.2, 0.25) is 5.02 Å². The van der Waals surface area contributed by atoms with Crippen LogP contribution in [0.25, 0.3) is 21.2 Å². The number of hydrogen-bond donors (Lipinski definition) is 2. The summed E-state index contributed by atoms with van der Waals surface area (Å²) < 4.78 is 34.9. The molecule has 0 radical (unpaired) electrons. The normalized spacial score (nSPS) is 16.4. The van der Waals surface area contributed by atoms with Crippen molar-refractivity contribution >= 4 is 45.0 Å². The van der Waals surface area contributed by atoms with Gasteiger partial charge in [0.25, 0.3) is 5.91 Å². The first-order valence-corrected chi connectivity index (χ1v) is 14.9. The van der Waals surface area contributed by atoms with Crippen LogP contribution in [-0.2, 0) is 6.54 Å². The largest absolute Gasteiger partial charge is 0.496 e. The molecule has 0 aliphatic heterocycles. The molecule has 11 heteroatoms. The molecule has 2 amide bonds. The van der Waals surface area contributed by atoms with Gasteiger partial charge in [0.05, 0.1) is 33.9 Å². The summed E-state index contributed by atoms with van der Waals surface area (Å²) >= 11 is 7.37. The average Bonchev–Trinajstić information content (AvgIpc) is 3.38. The zero-order valence-electron chi connectivity index (χ0n) is 23.2. The zero-order chi connectivity index (χ0) is 30.7. The van der Waals surface area contributed by atoms with Crippen LogP contribution in [0.5, 0.6) is 5.75 Å². The Morgan fingerprint density at radius 3 is 2.49 bits per heavy atom. The maximum atomic E-state index is 14.7. The lowest BCUT2D eigenvalue weighted by atomic mass is 9.85. The molecule has 1 aromatic heterocycles. The number of hydrogen-bond acceptors (Lipinski definition) is 5. The second-order valence-corrected chi connectivity index (χ2v) is 11.9. The fraction of sp³-hybridized carbons (Fsp3) is 0.281. The maximum Gasteiger partial charge on any atom is 0.404 e. The van der Waals surface area contributed by atoms with E-state index in [1.165, 1.54) is 7.11 Å². The maximum absolute atomic E-state index is 14.7. The van der Waals surface area contributed by atoms with E-state index in [1.54, 1.807) is 29.2 Å². The van der Waals surface area contributed by atoms with E-state index in [0.29, 0.717) is 49.1 Å².